The number of nitrogens with zero attached hydrogens (tertiary/aromatic N) is 3. The van der Waals surface area contributed by atoms with Crippen LogP contribution in [0.15, 0.2) is 36.4 Å². The molecule has 0 spiro atoms. The molecule has 0 aromatic heterocycles. The number of amides is 2. The number of piperazine rings is 1. The number of likely N-dealkylation sites (tertiary alicyclic amines) is 1. The van der Waals surface area contributed by atoms with Gasteiger partial charge in [0.1, 0.15) is 11.9 Å². The highest BCUT2D eigenvalue weighted by atomic mass is 35.5. The highest BCUT2D eigenvalue weighted by molar-refractivity contribution is 6.35. The Labute approximate surface area is 253 Å². The summed E-state index contributed by atoms with van der Waals surface area (Å²) in [4.78, 5) is 32.5. The monoisotopic (exact) mass is 605 g/mol. The fourth-order valence-electron chi connectivity index (χ4n) is 5.86. The van der Waals surface area contributed by atoms with Crippen LogP contribution in [0.2, 0.25) is 10.0 Å². The van der Waals surface area contributed by atoms with E-state index in [-0.39, 0.29) is 23.7 Å². The van der Waals surface area contributed by atoms with Gasteiger partial charge in [0, 0.05) is 80.4 Å². The van der Waals surface area contributed by atoms with E-state index in [9.17, 15) is 14.0 Å². The Morgan fingerprint density at radius 1 is 1.02 bits per heavy atom. The van der Waals surface area contributed by atoms with Gasteiger partial charge in [-0.2, -0.15) is 0 Å². The van der Waals surface area contributed by atoms with E-state index >= 15 is 0 Å². The first-order chi connectivity index (χ1) is 19.7. The topological polar surface area (TPSA) is 67.9 Å². The van der Waals surface area contributed by atoms with E-state index < -0.39 is 6.04 Å². The highest BCUT2D eigenvalue weighted by Crippen LogP contribution is 2.32. The van der Waals surface area contributed by atoms with Crippen molar-refractivity contribution in [1.29, 1.82) is 0 Å². The van der Waals surface area contributed by atoms with Crippen molar-refractivity contribution < 1.29 is 14.0 Å². The third-order valence-electron chi connectivity index (χ3n) is 7.97. The molecule has 2 heterocycles. The number of likely N-dealkylation sites (N-methyl/N-ethyl adjacent to an activating group) is 1. The summed E-state index contributed by atoms with van der Waals surface area (Å²) in [5.41, 5.74) is 2.75. The van der Waals surface area contributed by atoms with Crippen molar-refractivity contribution >= 4 is 40.7 Å². The normalized spacial score (nSPS) is 17.4. The quantitative estimate of drug-likeness (QED) is 0.336. The Hall–Kier alpha value is -2.39. The third-order valence-corrected chi connectivity index (χ3v) is 8.56. The second kappa shape index (κ2) is 14.7. The average Bonchev–Trinajstić information content (AvgIpc) is 3.37. The Morgan fingerprint density at radius 3 is 2.41 bits per heavy atom. The third kappa shape index (κ3) is 8.13. The fourth-order valence-corrected chi connectivity index (χ4v) is 6.34. The molecular formula is C31H42Cl2FN5O2. The summed E-state index contributed by atoms with van der Waals surface area (Å²) in [6, 6.07) is 9.70. The molecule has 2 aromatic carbocycles. The number of rotatable bonds is 12. The fraction of sp³-hybridized carbons (Fsp3) is 0.548. The molecule has 4 rings (SSSR count). The van der Waals surface area contributed by atoms with Gasteiger partial charge >= 0.3 is 0 Å². The van der Waals surface area contributed by atoms with Gasteiger partial charge in [-0.15, -0.1) is 0 Å². The molecule has 2 fully saturated rings. The summed E-state index contributed by atoms with van der Waals surface area (Å²) in [7, 11) is 1.92. The van der Waals surface area contributed by atoms with Crippen LogP contribution in [0.4, 0.5) is 10.1 Å². The van der Waals surface area contributed by atoms with Crippen LogP contribution in [0.1, 0.15) is 50.3 Å². The largest absolute Gasteiger partial charge is 0.368 e. The second-order valence-electron chi connectivity index (χ2n) is 11.4. The summed E-state index contributed by atoms with van der Waals surface area (Å²) in [6.07, 6.45) is 2.44. The first-order valence-electron chi connectivity index (χ1n) is 14.6. The molecule has 41 heavy (non-hydrogen) atoms. The summed E-state index contributed by atoms with van der Waals surface area (Å²) in [5, 5.41) is 7.80. The minimum Gasteiger partial charge on any atom is -0.368 e. The van der Waals surface area contributed by atoms with Crippen molar-refractivity contribution in [2.45, 2.75) is 51.6 Å². The van der Waals surface area contributed by atoms with Crippen molar-refractivity contribution in [2.24, 2.45) is 5.92 Å². The maximum atomic E-state index is 14.5. The van der Waals surface area contributed by atoms with Gasteiger partial charge in [0.2, 0.25) is 11.8 Å². The zero-order valence-electron chi connectivity index (χ0n) is 24.3. The summed E-state index contributed by atoms with van der Waals surface area (Å²) in [6.45, 7) is 8.80. The van der Waals surface area contributed by atoms with E-state index in [0.29, 0.717) is 61.5 Å². The lowest BCUT2D eigenvalue weighted by Gasteiger charge is -2.40. The molecule has 2 aromatic rings. The van der Waals surface area contributed by atoms with Gasteiger partial charge in [0.05, 0.1) is 0 Å². The van der Waals surface area contributed by atoms with Gasteiger partial charge in [0.25, 0.3) is 0 Å². The maximum Gasteiger partial charge on any atom is 0.245 e. The SMILES string of the molecule is CNCCN[C@@H](CC(C)C)c1cc(F)ccc1N1CCN(C(=O)[C@@H](Cc2ccc(Cl)cc2Cl)N2CCCC2=O)CC1. The summed E-state index contributed by atoms with van der Waals surface area (Å²) >= 11 is 12.6. The maximum absolute atomic E-state index is 14.5. The van der Waals surface area contributed by atoms with Crippen LogP contribution >= 0.6 is 23.2 Å². The lowest BCUT2D eigenvalue weighted by atomic mass is 9.94. The van der Waals surface area contributed by atoms with E-state index in [1.807, 2.05) is 24.1 Å². The second-order valence-corrected chi connectivity index (χ2v) is 12.2. The molecule has 224 valence electrons. The van der Waals surface area contributed by atoms with Crippen molar-refractivity contribution in [3.63, 3.8) is 0 Å². The van der Waals surface area contributed by atoms with E-state index in [1.165, 1.54) is 6.07 Å². The molecule has 0 bridgehead atoms. The number of hydrogen-bond donors (Lipinski definition) is 2. The standard InChI is InChI=1S/C31H42Cl2FN5O2/c1-21(2)17-27(36-11-10-35-3)25-20-24(34)8-9-28(25)37-13-15-38(16-14-37)31(41)29(39-12-4-5-30(39)40)18-22-6-7-23(32)19-26(22)33/h6-9,19-21,27,29,35-36H,4-5,10-18H2,1-3H3/t27-,29+/m0/s1. The Morgan fingerprint density at radius 2 is 1.78 bits per heavy atom. The average molecular weight is 607 g/mol. The van der Waals surface area contributed by atoms with Crippen LogP contribution in [0.25, 0.3) is 0 Å². The molecule has 2 saturated heterocycles. The van der Waals surface area contributed by atoms with Crippen LogP contribution in [-0.4, -0.2) is 80.5 Å². The van der Waals surface area contributed by atoms with Crippen LogP contribution in [0.3, 0.4) is 0 Å². The number of nitrogens with one attached hydrogen (secondary N) is 2. The summed E-state index contributed by atoms with van der Waals surface area (Å²) < 4.78 is 14.5. The molecular weight excluding hydrogens is 564 g/mol. The number of hydrogen-bond acceptors (Lipinski definition) is 5. The van der Waals surface area contributed by atoms with Crippen molar-refractivity contribution in [2.75, 3.05) is 57.8 Å². The molecule has 0 aliphatic carbocycles. The molecule has 2 N–H and O–H groups in total. The minimum atomic E-state index is -0.608. The number of anilines is 1. The molecule has 2 atom stereocenters. The first kappa shape index (κ1) is 31.5. The van der Waals surface area contributed by atoms with E-state index in [1.54, 1.807) is 23.1 Å². The van der Waals surface area contributed by atoms with Gasteiger partial charge in [-0.25, -0.2) is 4.39 Å². The predicted octanol–water partition coefficient (Wildman–Crippen LogP) is 4.91. The Balaban J connectivity index is 1.50. The first-order valence-corrected chi connectivity index (χ1v) is 15.4. The van der Waals surface area contributed by atoms with E-state index in [4.69, 9.17) is 23.2 Å². The van der Waals surface area contributed by atoms with Crippen molar-refractivity contribution in [1.82, 2.24) is 20.4 Å². The van der Waals surface area contributed by atoms with E-state index in [0.717, 1.165) is 42.7 Å². The lowest BCUT2D eigenvalue weighted by Crippen LogP contribution is -2.56. The van der Waals surface area contributed by atoms with Crippen molar-refractivity contribution in [3.8, 4) is 0 Å². The van der Waals surface area contributed by atoms with Crippen LogP contribution in [-0.2, 0) is 16.0 Å². The highest BCUT2D eigenvalue weighted by Gasteiger charge is 2.37. The molecule has 0 unspecified atom stereocenters. The van der Waals surface area contributed by atoms with Gasteiger partial charge in [-0.1, -0.05) is 43.1 Å². The molecule has 10 heteroatoms. The smallest absolute Gasteiger partial charge is 0.245 e. The van der Waals surface area contributed by atoms with Gasteiger partial charge in [-0.05, 0) is 67.3 Å². The van der Waals surface area contributed by atoms with Gasteiger partial charge in [-0.3, -0.25) is 9.59 Å². The van der Waals surface area contributed by atoms with Crippen LogP contribution in [0, 0.1) is 11.7 Å². The molecule has 7 nitrogen and oxygen atoms in total. The van der Waals surface area contributed by atoms with Crippen LogP contribution in [0.5, 0.6) is 0 Å². The molecule has 0 saturated carbocycles. The zero-order valence-corrected chi connectivity index (χ0v) is 25.8. The predicted molar refractivity (Wildman–Crippen MR) is 164 cm³/mol. The Bertz CT molecular complexity index is 1210. The van der Waals surface area contributed by atoms with E-state index in [2.05, 4.69) is 29.4 Å². The van der Waals surface area contributed by atoms with Gasteiger partial charge < -0.3 is 25.3 Å². The Kier molecular flexibility index (Phi) is 11.3. The molecule has 2 aliphatic heterocycles. The minimum absolute atomic E-state index is 0.00462. The number of carbonyl (C=O) groups is 2. The lowest BCUT2D eigenvalue weighted by molar-refractivity contribution is -0.143. The van der Waals surface area contributed by atoms with Crippen LogP contribution < -0.4 is 15.5 Å². The number of benzene rings is 2. The number of carbonyl (C=O) groups excluding carboxylic acids is 2. The zero-order chi connectivity index (χ0) is 29.5. The summed E-state index contributed by atoms with van der Waals surface area (Å²) in [5.74, 6) is 0.134. The number of halogens is 3. The molecule has 2 amide bonds. The molecule has 0 radical (unpaired) electrons. The molecule has 2 aliphatic rings. The van der Waals surface area contributed by atoms with Crippen molar-refractivity contribution in [3.05, 3.63) is 63.4 Å². The van der Waals surface area contributed by atoms with Gasteiger partial charge in [0.15, 0.2) is 0 Å².